The van der Waals surface area contributed by atoms with E-state index in [1.807, 2.05) is 29.6 Å². The minimum Gasteiger partial charge on any atom is -0.361 e. The number of benzene rings is 4. The topological polar surface area (TPSA) is 103 Å². The predicted molar refractivity (Wildman–Crippen MR) is 170 cm³/mol. The van der Waals surface area contributed by atoms with Crippen molar-refractivity contribution in [2.45, 2.75) is 23.5 Å². The first kappa shape index (κ1) is 32.0. The van der Waals surface area contributed by atoms with Gasteiger partial charge in [0.2, 0.25) is 5.91 Å². The van der Waals surface area contributed by atoms with Gasteiger partial charge in [0.05, 0.1) is 5.25 Å². The SMILES string of the molecule is CCC(Sc1cccc(NC(=O)/C(=C/c2c[nH]c3ccccc23)NC(=O)c2ccccc2)c1)C(=O)Nc1c(F)c(F)cc(F)c1F. The first-order valence-corrected chi connectivity index (χ1v) is 14.9. The molecular formula is C34H26F4N4O3S. The van der Waals surface area contributed by atoms with Crippen molar-refractivity contribution < 1.29 is 31.9 Å². The lowest BCUT2D eigenvalue weighted by Crippen LogP contribution is -2.30. The van der Waals surface area contributed by atoms with Crippen molar-refractivity contribution in [2.75, 3.05) is 10.6 Å². The second kappa shape index (κ2) is 14.2. The second-order valence-corrected chi connectivity index (χ2v) is 11.3. The number of H-pyrrole nitrogens is 1. The number of aromatic nitrogens is 1. The summed E-state index contributed by atoms with van der Waals surface area (Å²) >= 11 is 1.01. The van der Waals surface area contributed by atoms with E-state index in [9.17, 15) is 31.9 Å². The van der Waals surface area contributed by atoms with Crippen LogP contribution in [-0.2, 0) is 9.59 Å². The molecule has 0 saturated carbocycles. The van der Waals surface area contributed by atoms with Gasteiger partial charge in [-0.3, -0.25) is 14.4 Å². The molecule has 0 bridgehead atoms. The Hall–Kier alpha value is -5.36. The number of amides is 3. The molecule has 4 aromatic carbocycles. The van der Waals surface area contributed by atoms with Crippen molar-refractivity contribution in [3.05, 3.63) is 131 Å². The van der Waals surface area contributed by atoms with Crippen molar-refractivity contribution in [2.24, 2.45) is 0 Å². The highest BCUT2D eigenvalue weighted by molar-refractivity contribution is 8.00. The summed E-state index contributed by atoms with van der Waals surface area (Å²) in [6, 6.07) is 22.4. The Kier molecular flexibility index (Phi) is 9.87. The number of anilines is 2. The number of hydrogen-bond donors (Lipinski definition) is 4. The molecule has 4 N–H and O–H groups in total. The first-order valence-electron chi connectivity index (χ1n) is 14.0. The van der Waals surface area contributed by atoms with Crippen LogP contribution in [0.3, 0.4) is 0 Å². The van der Waals surface area contributed by atoms with Crippen LogP contribution in [0.5, 0.6) is 0 Å². The van der Waals surface area contributed by atoms with Crippen LogP contribution in [0.15, 0.2) is 102 Å². The van der Waals surface area contributed by atoms with Gasteiger partial charge in [-0.05, 0) is 48.9 Å². The maximum atomic E-state index is 14.1. The standard InChI is InChI=1S/C34H26F4N4O3S/c1-2-28(34(45)42-31-29(37)24(35)17-25(36)30(31)38)46-22-12-8-11-21(16-22)40-33(44)27(41-32(43)19-9-4-3-5-10-19)15-20-18-39-26-14-7-6-13-23(20)26/h3-18,28,39H,2H2,1H3,(H,40,44)(H,41,43)(H,42,45)/b27-15-. The van der Waals surface area contributed by atoms with E-state index in [1.165, 1.54) is 0 Å². The maximum absolute atomic E-state index is 14.1. The molecule has 5 rings (SSSR count). The summed E-state index contributed by atoms with van der Waals surface area (Å²) in [5, 5.41) is 7.32. The highest BCUT2D eigenvalue weighted by Crippen LogP contribution is 2.31. The second-order valence-electron chi connectivity index (χ2n) is 10.00. The zero-order valence-electron chi connectivity index (χ0n) is 24.2. The highest BCUT2D eigenvalue weighted by Gasteiger charge is 2.25. The third-order valence-corrected chi connectivity index (χ3v) is 8.20. The summed E-state index contributed by atoms with van der Waals surface area (Å²) in [5.74, 6) is -8.71. The Balaban J connectivity index is 1.36. The average molecular weight is 647 g/mol. The fourth-order valence-corrected chi connectivity index (χ4v) is 5.54. The number of thioether (sulfide) groups is 1. The number of carbonyl (C=O) groups is 3. The number of carbonyl (C=O) groups excluding carboxylic acids is 3. The van der Waals surface area contributed by atoms with E-state index in [2.05, 4.69) is 15.6 Å². The van der Waals surface area contributed by atoms with Crippen molar-refractivity contribution in [1.29, 1.82) is 0 Å². The molecule has 0 fully saturated rings. The smallest absolute Gasteiger partial charge is 0.272 e. The molecule has 1 atom stereocenters. The molecule has 1 unspecified atom stereocenters. The third-order valence-electron chi connectivity index (χ3n) is 6.84. The van der Waals surface area contributed by atoms with Crippen molar-refractivity contribution in [3.8, 4) is 0 Å². The molecule has 1 heterocycles. The maximum Gasteiger partial charge on any atom is 0.272 e. The van der Waals surface area contributed by atoms with Crippen molar-refractivity contribution >= 4 is 57.8 Å². The molecule has 234 valence electrons. The van der Waals surface area contributed by atoms with Gasteiger partial charge >= 0.3 is 0 Å². The van der Waals surface area contributed by atoms with Gasteiger partial charge in [0, 0.05) is 44.9 Å². The fraction of sp³-hybridized carbons (Fsp3) is 0.0882. The molecule has 5 aromatic rings. The summed E-state index contributed by atoms with van der Waals surface area (Å²) in [7, 11) is 0. The molecular weight excluding hydrogens is 620 g/mol. The van der Waals surface area contributed by atoms with E-state index in [4.69, 9.17) is 0 Å². The van der Waals surface area contributed by atoms with Gasteiger partial charge < -0.3 is 20.9 Å². The lowest BCUT2D eigenvalue weighted by atomic mass is 10.1. The van der Waals surface area contributed by atoms with Crippen LogP contribution in [-0.4, -0.2) is 28.0 Å². The van der Waals surface area contributed by atoms with Crippen LogP contribution in [0.25, 0.3) is 17.0 Å². The normalized spacial score (nSPS) is 12.1. The Bertz CT molecular complexity index is 1940. The minimum absolute atomic E-state index is 0.0335. The summed E-state index contributed by atoms with van der Waals surface area (Å²) in [4.78, 5) is 43.1. The van der Waals surface area contributed by atoms with E-state index >= 15 is 0 Å². The van der Waals surface area contributed by atoms with Gasteiger partial charge in [-0.25, -0.2) is 17.6 Å². The van der Waals surface area contributed by atoms with E-state index in [0.717, 1.165) is 22.7 Å². The summed E-state index contributed by atoms with van der Waals surface area (Å²) in [5.41, 5.74) is 0.941. The number of rotatable bonds is 10. The van der Waals surface area contributed by atoms with E-state index < -0.39 is 51.9 Å². The molecule has 0 radical (unpaired) electrons. The number of nitrogens with one attached hydrogen (secondary N) is 4. The molecule has 0 aliphatic heterocycles. The van der Waals surface area contributed by atoms with E-state index in [1.54, 1.807) is 73.8 Å². The van der Waals surface area contributed by atoms with E-state index in [-0.39, 0.29) is 18.2 Å². The summed E-state index contributed by atoms with van der Waals surface area (Å²) < 4.78 is 55.5. The van der Waals surface area contributed by atoms with Crippen LogP contribution < -0.4 is 16.0 Å². The number of fused-ring (bicyclic) bond motifs is 1. The number of para-hydroxylation sites is 1. The van der Waals surface area contributed by atoms with Gasteiger partial charge in [-0.2, -0.15) is 0 Å². The monoisotopic (exact) mass is 646 g/mol. The largest absolute Gasteiger partial charge is 0.361 e. The third kappa shape index (κ3) is 7.29. The highest BCUT2D eigenvalue weighted by atomic mass is 32.2. The summed E-state index contributed by atoms with van der Waals surface area (Å²) in [6.07, 6.45) is 3.46. The molecule has 0 aliphatic rings. The lowest BCUT2D eigenvalue weighted by molar-refractivity contribution is -0.116. The zero-order chi connectivity index (χ0) is 32.8. The average Bonchev–Trinajstić information content (AvgIpc) is 3.47. The fourth-order valence-electron chi connectivity index (χ4n) is 4.53. The predicted octanol–water partition coefficient (Wildman–Crippen LogP) is 7.64. The Morgan fingerprint density at radius 3 is 2.26 bits per heavy atom. The first-order chi connectivity index (χ1) is 22.1. The van der Waals surface area contributed by atoms with Crippen molar-refractivity contribution in [3.63, 3.8) is 0 Å². The molecule has 0 aliphatic carbocycles. The minimum atomic E-state index is -1.72. The van der Waals surface area contributed by atoms with Crippen molar-refractivity contribution in [1.82, 2.24) is 10.3 Å². The van der Waals surface area contributed by atoms with Crippen LogP contribution >= 0.6 is 11.8 Å². The van der Waals surface area contributed by atoms with Gasteiger partial charge in [-0.15, -0.1) is 11.8 Å². The zero-order valence-corrected chi connectivity index (χ0v) is 25.0. The van der Waals surface area contributed by atoms with Gasteiger partial charge in [-0.1, -0.05) is 49.4 Å². The Labute approximate surface area is 265 Å². The van der Waals surface area contributed by atoms with Crippen LogP contribution in [0.2, 0.25) is 0 Å². The van der Waals surface area contributed by atoms with Crippen LogP contribution in [0.1, 0.15) is 29.3 Å². The molecule has 7 nitrogen and oxygen atoms in total. The van der Waals surface area contributed by atoms with Gasteiger partial charge in [0.15, 0.2) is 23.3 Å². The van der Waals surface area contributed by atoms with Crippen LogP contribution in [0.4, 0.5) is 28.9 Å². The molecule has 3 amide bonds. The van der Waals surface area contributed by atoms with E-state index in [0.29, 0.717) is 21.7 Å². The van der Waals surface area contributed by atoms with Crippen LogP contribution in [0, 0.1) is 23.3 Å². The molecule has 0 spiro atoms. The number of hydrogen-bond acceptors (Lipinski definition) is 4. The molecule has 1 aromatic heterocycles. The molecule has 12 heteroatoms. The number of aromatic amines is 1. The summed E-state index contributed by atoms with van der Waals surface area (Å²) in [6.45, 7) is 1.65. The van der Waals surface area contributed by atoms with Gasteiger partial charge in [0.25, 0.3) is 11.8 Å². The Morgan fingerprint density at radius 1 is 0.848 bits per heavy atom. The Morgan fingerprint density at radius 2 is 1.54 bits per heavy atom. The van der Waals surface area contributed by atoms with Gasteiger partial charge in [0.1, 0.15) is 11.4 Å². The molecule has 46 heavy (non-hydrogen) atoms. The quantitative estimate of drug-likeness (QED) is 0.0542. The molecule has 0 saturated heterocycles. The lowest BCUT2D eigenvalue weighted by Gasteiger charge is -2.17. The number of halogens is 4.